The molecule has 2 rings (SSSR count). The van der Waals surface area contributed by atoms with E-state index < -0.39 is 18.8 Å². The zero-order valence-electron chi connectivity index (χ0n) is 14.0. The first-order valence-corrected chi connectivity index (χ1v) is 8.15. The Kier molecular flexibility index (Phi) is 6.70. The second-order valence-corrected chi connectivity index (χ2v) is 6.06. The summed E-state index contributed by atoms with van der Waals surface area (Å²) in [7, 11) is 0. The van der Waals surface area contributed by atoms with Crippen LogP contribution in [0.15, 0.2) is 24.3 Å². The molecule has 0 aromatic heterocycles. The Balaban J connectivity index is 1.83. The molecule has 0 atom stereocenters. The molecule has 0 spiro atoms. The lowest BCUT2D eigenvalue weighted by molar-refractivity contribution is -0.153. The van der Waals surface area contributed by atoms with E-state index in [-0.39, 0.29) is 36.4 Å². The van der Waals surface area contributed by atoms with Crippen LogP contribution in [-0.2, 0) is 9.59 Å². The van der Waals surface area contributed by atoms with Gasteiger partial charge in [-0.25, -0.2) is 0 Å². The molecule has 1 amide bonds. The summed E-state index contributed by atoms with van der Waals surface area (Å²) in [6.07, 6.45) is -3.18. The minimum atomic E-state index is -4.47. The van der Waals surface area contributed by atoms with Crippen molar-refractivity contribution in [2.75, 3.05) is 26.3 Å². The molecule has 0 unspecified atom stereocenters. The number of hydrogen-bond acceptors (Lipinski definition) is 4. The summed E-state index contributed by atoms with van der Waals surface area (Å²) in [5.41, 5.74) is 0. The van der Waals surface area contributed by atoms with Gasteiger partial charge in [0.15, 0.2) is 24.7 Å². The Morgan fingerprint density at radius 2 is 1.69 bits per heavy atom. The molecule has 1 aliphatic rings. The number of rotatable bonds is 7. The van der Waals surface area contributed by atoms with E-state index in [1.807, 2.05) is 0 Å². The van der Waals surface area contributed by atoms with Gasteiger partial charge in [-0.3, -0.25) is 9.59 Å². The number of para-hydroxylation sites is 2. The monoisotopic (exact) mass is 375 g/mol. The normalized spacial score (nSPS) is 15.6. The Labute approximate surface area is 148 Å². The van der Waals surface area contributed by atoms with Gasteiger partial charge in [0.1, 0.15) is 0 Å². The number of likely N-dealkylation sites (tertiary alicyclic amines) is 1. The van der Waals surface area contributed by atoms with Gasteiger partial charge in [-0.2, -0.15) is 13.2 Å². The lowest BCUT2D eigenvalue weighted by Gasteiger charge is -2.31. The number of carboxylic acids is 1. The van der Waals surface area contributed by atoms with Gasteiger partial charge in [0.25, 0.3) is 5.91 Å². The molecule has 0 aliphatic carbocycles. The van der Waals surface area contributed by atoms with Crippen LogP contribution >= 0.6 is 0 Å². The highest BCUT2D eigenvalue weighted by Gasteiger charge is 2.29. The average molecular weight is 375 g/mol. The number of nitrogens with zero attached hydrogens (tertiary/aromatic N) is 1. The van der Waals surface area contributed by atoms with Crippen molar-refractivity contribution in [3.8, 4) is 11.5 Å². The lowest BCUT2D eigenvalue weighted by Crippen LogP contribution is -2.41. The molecule has 9 heteroatoms. The average Bonchev–Trinajstić information content (AvgIpc) is 2.58. The molecule has 1 heterocycles. The number of aliphatic carboxylic acids is 1. The van der Waals surface area contributed by atoms with Crippen LogP contribution in [0.5, 0.6) is 11.5 Å². The molecule has 1 aromatic carbocycles. The predicted molar refractivity (Wildman–Crippen MR) is 85.0 cm³/mol. The fraction of sp³-hybridized carbons (Fsp3) is 0.529. The molecule has 0 saturated carbocycles. The maximum absolute atomic E-state index is 12.3. The zero-order valence-corrected chi connectivity index (χ0v) is 14.0. The van der Waals surface area contributed by atoms with Crippen molar-refractivity contribution in [1.29, 1.82) is 0 Å². The Morgan fingerprint density at radius 1 is 1.12 bits per heavy atom. The first-order valence-electron chi connectivity index (χ1n) is 8.15. The third kappa shape index (κ3) is 6.45. The summed E-state index contributed by atoms with van der Waals surface area (Å²) >= 11 is 0. The molecular weight excluding hydrogens is 355 g/mol. The summed E-state index contributed by atoms with van der Waals surface area (Å²) in [6, 6.07) is 5.84. The SMILES string of the molecule is O=C(O)CC1CCN(C(=O)COc2ccccc2OCC(F)(F)F)CC1. The Morgan fingerprint density at radius 3 is 2.23 bits per heavy atom. The topological polar surface area (TPSA) is 76.1 Å². The van der Waals surface area contributed by atoms with Crippen molar-refractivity contribution >= 4 is 11.9 Å². The number of amides is 1. The Hall–Kier alpha value is -2.45. The molecule has 1 N–H and O–H groups in total. The number of halogens is 3. The number of carboxylic acid groups (broad SMARTS) is 1. The third-order valence-corrected chi connectivity index (χ3v) is 4.02. The van der Waals surface area contributed by atoms with Crippen LogP contribution in [0.25, 0.3) is 0 Å². The van der Waals surface area contributed by atoms with Crippen LogP contribution in [0, 0.1) is 5.92 Å². The summed E-state index contributed by atoms with van der Waals surface area (Å²) in [5.74, 6) is -1.13. The van der Waals surface area contributed by atoms with Crippen molar-refractivity contribution < 1.29 is 37.3 Å². The number of benzene rings is 1. The molecule has 6 nitrogen and oxygen atoms in total. The molecule has 0 bridgehead atoms. The van der Waals surface area contributed by atoms with Crippen LogP contribution in [0.2, 0.25) is 0 Å². The molecule has 1 saturated heterocycles. The molecule has 0 radical (unpaired) electrons. The lowest BCUT2D eigenvalue weighted by atomic mass is 9.94. The summed E-state index contributed by atoms with van der Waals surface area (Å²) < 4.78 is 46.9. The maximum Gasteiger partial charge on any atom is 0.422 e. The van der Waals surface area contributed by atoms with E-state index in [1.54, 1.807) is 11.0 Å². The summed E-state index contributed by atoms with van der Waals surface area (Å²) in [5, 5.41) is 8.79. The molecule has 1 aliphatic heterocycles. The van der Waals surface area contributed by atoms with Gasteiger partial charge >= 0.3 is 12.1 Å². The van der Waals surface area contributed by atoms with E-state index in [0.717, 1.165) is 0 Å². The maximum atomic E-state index is 12.3. The fourth-order valence-electron chi connectivity index (χ4n) is 2.71. The Bertz CT molecular complexity index is 627. The minimum absolute atomic E-state index is 0.0500. The number of carbonyl (C=O) groups excluding carboxylic acids is 1. The number of hydrogen-bond donors (Lipinski definition) is 1. The second-order valence-electron chi connectivity index (χ2n) is 6.06. The summed E-state index contributed by atoms with van der Waals surface area (Å²) in [6.45, 7) is -0.896. The molecular formula is C17H20F3NO5. The smallest absolute Gasteiger partial charge is 0.422 e. The molecule has 1 aromatic rings. The zero-order chi connectivity index (χ0) is 19.2. The van der Waals surface area contributed by atoms with Crippen LogP contribution in [0.3, 0.4) is 0 Å². The van der Waals surface area contributed by atoms with E-state index in [2.05, 4.69) is 0 Å². The summed E-state index contributed by atoms with van der Waals surface area (Å²) in [4.78, 5) is 24.5. The van der Waals surface area contributed by atoms with E-state index >= 15 is 0 Å². The van der Waals surface area contributed by atoms with Crippen LogP contribution in [-0.4, -0.2) is 54.4 Å². The van der Waals surface area contributed by atoms with Gasteiger partial charge in [-0.1, -0.05) is 12.1 Å². The third-order valence-electron chi connectivity index (χ3n) is 4.02. The fourth-order valence-corrected chi connectivity index (χ4v) is 2.71. The standard InChI is InChI=1S/C17H20F3NO5/c18-17(19,20)11-26-14-4-2-1-3-13(14)25-10-15(22)21-7-5-12(6-8-21)9-16(23)24/h1-4,12H,5-11H2,(H,23,24). The van der Waals surface area contributed by atoms with E-state index in [1.165, 1.54) is 18.2 Å². The van der Waals surface area contributed by atoms with Gasteiger partial charge < -0.3 is 19.5 Å². The van der Waals surface area contributed by atoms with E-state index in [0.29, 0.717) is 25.9 Å². The number of ether oxygens (including phenoxy) is 2. The van der Waals surface area contributed by atoms with Crippen molar-refractivity contribution in [2.24, 2.45) is 5.92 Å². The highest BCUT2D eigenvalue weighted by atomic mass is 19.4. The number of carbonyl (C=O) groups is 2. The highest BCUT2D eigenvalue weighted by molar-refractivity contribution is 5.78. The van der Waals surface area contributed by atoms with Gasteiger partial charge in [0, 0.05) is 19.5 Å². The van der Waals surface area contributed by atoms with Crippen LogP contribution in [0.1, 0.15) is 19.3 Å². The first-order chi connectivity index (χ1) is 12.2. The van der Waals surface area contributed by atoms with Crippen molar-refractivity contribution in [3.05, 3.63) is 24.3 Å². The quantitative estimate of drug-likeness (QED) is 0.793. The van der Waals surface area contributed by atoms with E-state index in [4.69, 9.17) is 14.6 Å². The molecule has 1 fully saturated rings. The van der Waals surface area contributed by atoms with Gasteiger partial charge in [-0.05, 0) is 30.9 Å². The highest BCUT2D eigenvalue weighted by Crippen LogP contribution is 2.28. The number of piperidine rings is 1. The second kappa shape index (κ2) is 8.77. The van der Waals surface area contributed by atoms with Crippen LogP contribution < -0.4 is 9.47 Å². The first kappa shape index (κ1) is 19.9. The molecule has 144 valence electrons. The number of alkyl halides is 3. The van der Waals surface area contributed by atoms with Crippen molar-refractivity contribution in [2.45, 2.75) is 25.4 Å². The van der Waals surface area contributed by atoms with Crippen LogP contribution in [0.4, 0.5) is 13.2 Å². The van der Waals surface area contributed by atoms with E-state index in [9.17, 15) is 22.8 Å². The van der Waals surface area contributed by atoms with Crippen molar-refractivity contribution in [1.82, 2.24) is 4.90 Å². The van der Waals surface area contributed by atoms with Gasteiger partial charge in [0.05, 0.1) is 0 Å². The van der Waals surface area contributed by atoms with Gasteiger partial charge in [0.2, 0.25) is 0 Å². The largest absolute Gasteiger partial charge is 0.481 e. The van der Waals surface area contributed by atoms with Gasteiger partial charge in [-0.15, -0.1) is 0 Å². The minimum Gasteiger partial charge on any atom is -0.481 e. The van der Waals surface area contributed by atoms with Crippen molar-refractivity contribution in [3.63, 3.8) is 0 Å². The molecule has 26 heavy (non-hydrogen) atoms. The predicted octanol–water partition coefficient (Wildman–Crippen LogP) is 2.72.